The van der Waals surface area contributed by atoms with Gasteiger partial charge in [0, 0.05) is 11.6 Å². The summed E-state index contributed by atoms with van der Waals surface area (Å²) in [6.07, 6.45) is -0.282. The van der Waals surface area contributed by atoms with Crippen LogP contribution in [0.15, 0.2) is 42.4 Å². The lowest BCUT2D eigenvalue weighted by molar-refractivity contribution is -0.660. The van der Waals surface area contributed by atoms with Gasteiger partial charge in [0.15, 0.2) is 6.17 Å². The van der Waals surface area contributed by atoms with E-state index in [1.54, 1.807) is 6.07 Å². The van der Waals surface area contributed by atoms with Gasteiger partial charge >= 0.3 is 0 Å². The highest BCUT2D eigenvalue weighted by molar-refractivity contribution is 5.60. The molecule has 0 fully saturated rings. The van der Waals surface area contributed by atoms with Gasteiger partial charge in [-0.05, 0) is 24.6 Å². The number of aromatic nitrogens is 1. The molecule has 16 heavy (non-hydrogen) atoms. The lowest BCUT2D eigenvalue weighted by Crippen LogP contribution is -2.31. The van der Waals surface area contributed by atoms with E-state index in [1.165, 1.54) is 18.5 Å². The van der Waals surface area contributed by atoms with E-state index in [0.29, 0.717) is 0 Å². The van der Waals surface area contributed by atoms with E-state index in [9.17, 15) is 0 Å². The van der Waals surface area contributed by atoms with Crippen molar-refractivity contribution in [2.45, 2.75) is 6.92 Å². The maximum absolute atomic E-state index is 9.03. The first kappa shape index (κ1) is 4.80. The van der Waals surface area contributed by atoms with Crippen LogP contribution in [0.1, 0.15) is 20.7 Å². The minimum Gasteiger partial charge on any atom is -0.200 e. The Morgan fingerprint density at radius 3 is 2.75 bits per heavy atom. The molecule has 0 amide bonds. The van der Waals surface area contributed by atoms with E-state index >= 15 is 0 Å². The number of nitrogens with zero attached hydrogens (tertiary/aromatic N) is 2. The van der Waals surface area contributed by atoms with E-state index in [1.807, 2.05) is 0 Å². The van der Waals surface area contributed by atoms with Crippen molar-refractivity contribution in [2.24, 2.45) is 7.05 Å². The third-order valence-electron chi connectivity index (χ3n) is 2.14. The van der Waals surface area contributed by atoms with E-state index in [-0.39, 0.29) is 52.7 Å². The molecule has 78 valence electrons. The monoisotopic (exact) mass is 216 g/mol. The molecule has 2 heteroatoms. The molecule has 2 rings (SSSR count). The lowest BCUT2D eigenvalue weighted by atomic mass is 10.0. The van der Waals surface area contributed by atoms with Crippen molar-refractivity contribution in [1.82, 2.24) is 0 Å². The van der Waals surface area contributed by atoms with Gasteiger partial charge in [0.25, 0.3) is 0 Å². The summed E-state index contributed by atoms with van der Waals surface area (Å²) in [5.74, 6) is 0. The molecule has 1 aromatic heterocycles. The first-order valence-corrected chi connectivity index (χ1v) is 4.62. The Labute approximate surface area is 105 Å². The summed E-state index contributed by atoms with van der Waals surface area (Å²) >= 11 is 0. The molecular formula is C14H13N2+. The van der Waals surface area contributed by atoms with Crippen molar-refractivity contribution < 1.29 is 14.2 Å². The zero-order valence-electron chi connectivity index (χ0n) is 15.9. The third kappa shape index (κ3) is 1.80. The fraction of sp³-hybridized carbons (Fsp3) is 0.143. The topological polar surface area (TPSA) is 27.7 Å². The van der Waals surface area contributed by atoms with Crippen LogP contribution in [0.4, 0.5) is 0 Å². The summed E-state index contributed by atoms with van der Waals surface area (Å²) in [6.45, 7) is 1.50. The molecule has 2 aromatic rings. The lowest BCUT2D eigenvalue weighted by Gasteiger charge is -2.03. The zero-order valence-corrected chi connectivity index (χ0v) is 8.89. The van der Waals surface area contributed by atoms with Gasteiger partial charge in [-0.3, -0.25) is 0 Å². The number of hydrogen-bond donors (Lipinski definition) is 0. The van der Waals surface area contributed by atoms with Gasteiger partial charge in [-0.2, -0.15) is 9.83 Å². The second kappa shape index (κ2) is 4.16. The van der Waals surface area contributed by atoms with Crippen molar-refractivity contribution in [2.75, 3.05) is 0 Å². The van der Waals surface area contributed by atoms with Crippen molar-refractivity contribution >= 4 is 0 Å². The second-order valence-corrected chi connectivity index (χ2v) is 3.26. The Hall–Kier alpha value is -2.14. The molecule has 0 N–H and O–H groups in total. The van der Waals surface area contributed by atoms with Gasteiger partial charge in [-0.15, -0.1) is 0 Å². The largest absolute Gasteiger partial charge is 0.212 e. The highest BCUT2D eigenvalue weighted by Gasteiger charge is 2.11. The van der Waals surface area contributed by atoms with Gasteiger partial charge in [-0.1, -0.05) is 18.1 Å². The summed E-state index contributed by atoms with van der Waals surface area (Å²) in [5.41, 5.74) is 0.0573. The molecule has 1 heterocycles. The van der Waals surface area contributed by atoms with Gasteiger partial charge in [0.1, 0.15) is 20.1 Å². The Bertz CT molecular complexity index is 826. The molecule has 0 atom stereocenters. The van der Waals surface area contributed by atoms with Gasteiger partial charge in [0.2, 0.25) is 5.69 Å². The minimum atomic E-state index is -0.447. The smallest absolute Gasteiger partial charge is 0.200 e. The zero-order chi connectivity index (χ0) is 17.6. The molecule has 0 saturated carbocycles. The molecule has 0 aliphatic carbocycles. The number of rotatable bonds is 1. The predicted molar refractivity (Wildman–Crippen MR) is 62.5 cm³/mol. The van der Waals surface area contributed by atoms with Crippen LogP contribution in [-0.2, 0) is 7.05 Å². The molecule has 0 spiro atoms. The van der Waals surface area contributed by atoms with Crippen LogP contribution < -0.4 is 4.57 Å². The minimum absolute atomic E-state index is 0.0171. The van der Waals surface area contributed by atoms with Crippen LogP contribution in [0.25, 0.3) is 11.3 Å². The highest BCUT2D eigenvalue weighted by Crippen LogP contribution is 2.19. The van der Waals surface area contributed by atoms with Crippen molar-refractivity contribution in [1.29, 1.82) is 5.26 Å². The maximum atomic E-state index is 9.03. The van der Waals surface area contributed by atoms with Crippen LogP contribution in [0.3, 0.4) is 0 Å². The average molecular weight is 216 g/mol. The van der Waals surface area contributed by atoms with E-state index in [0.717, 1.165) is 0 Å². The fourth-order valence-corrected chi connectivity index (χ4v) is 1.35. The van der Waals surface area contributed by atoms with Crippen LogP contribution in [0, 0.1) is 18.3 Å². The molecule has 0 aliphatic rings. The SMILES string of the molecule is [2H]c1c([2H])c([2H])c(-c2c([2H])c([2H])c(C#N)c([2H])[n+]2C)c(C)c1[2H]. The molecule has 1 aromatic carbocycles. The van der Waals surface area contributed by atoms with Crippen LogP contribution in [0.5, 0.6) is 0 Å². The first-order valence-electron chi connectivity index (χ1n) is 8.12. The van der Waals surface area contributed by atoms with Crippen molar-refractivity contribution in [3.8, 4) is 17.3 Å². The van der Waals surface area contributed by atoms with E-state index in [2.05, 4.69) is 0 Å². The van der Waals surface area contributed by atoms with Crippen LogP contribution >= 0.6 is 0 Å². The second-order valence-electron chi connectivity index (χ2n) is 3.26. The highest BCUT2D eigenvalue weighted by atomic mass is 14.9. The van der Waals surface area contributed by atoms with Gasteiger partial charge < -0.3 is 0 Å². The summed E-state index contributed by atoms with van der Waals surface area (Å²) in [4.78, 5) is 0. The number of hydrogen-bond acceptors (Lipinski definition) is 1. The van der Waals surface area contributed by atoms with Crippen molar-refractivity contribution in [3.05, 3.63) is 53.6 Å². The number of benzene rings is 1. The summed E-state index contributed by atoms with van der Waals surface area (Å²) in [5, 5.41) is 9.03. The van der Waals surface area contributed by atoms with Gasteiger partial charge in [0.05, 0.1) is 8.22 Å². The Morgan fingerprint density at radius 1 is 1.25 bits per heavy atom. The average Bonchev–Trinajstić information content (AvgIpc) is 2.53. The van der Waals surface area contributed by atoms with Crippen LogP contribution in [0.2, 0.25) is 0 Å². The van der Waals surface area contributed by atoms with Crippen molar-refractivity contribution in [3.63, 3.8) is 0 Å². The summed E-state index contributed by atoms with van der Waals surface area (Å²) in [6, 6.07) is -0.464. The first-order chi connectivity index (χ1) is 10.6. The summed E-state index contributed by atoms with van der Waals surface area (Å²) < 4.78 is 56.6. The van der Waals surface area contributed by atoms with E-state index in [4.69, 9.17) is 14.9 Å². The molecule has 0 bridgehead atoms. The number of nitriles is 1. The molecule has 0 radical (unpaired) electrons. The molecular weight excluding hydrogens is 196 g/mol. The molecule has 2 nitrogen and oxygen atoms in total. The molecule has 0 aliphatic heterocycles. The number of pyridine rings is 1. The maximum Gasteiger partial charge on any atom is 0.212 e. The summed E-state index contributed by atoms with van der Waals surface area (Å²) in [7, 11) is 1.43. The van der Waals surface area contributed by atoms with E-state index < -0.39 is 12.1 Å². The fourth-order valence-electron chi connectivity index (χ4n) is 1.35. The molecule has 0 saturated heterocycles. The predicted octanol–water partition coefficient (Wildman–Crippen LogP) is 2.36. The Balaban J connectivity index is 3.05. The van der Waals surface area contributed by atoms with Gasteiger partial charge in [-0.25, -0.2) is 0 Å². The normalized spacial score (nSPS) is 15.9. The quantitative estimate of drug-likeness (QED) is 0.672. The standard InChI is InChI=1S/C14H13N2/c1-11-5-3-4-6-13(11)14-8-7-12(9-15)10-16(14)2/h3-8,10H,1-2H3/q+1/i3D,4D,5D,6D,7D,8D,10D. The Morgan fingerprint density at radius 2 is 2.00 bits per heavy atom. The molecule has 0 unspecified atom stereocenters. The van der Waals surface area contributed by atoms with Crippen LogP contribution in [-0.4, -0.2) is 0 Å². The third-order valence-corrected chi connectivity index (χ3v) is 2.14. The Kier molecular flexibility index (Phi) is 1.25.